The number of hydrogen-bond acceptors (Lipinski definition) is 18. The molecule has 0 radical (unpaired) electrons. The van der Waals surface area contributed by atoms with Crippen LogP contribution in [0.2, 0.25) is 0 Å². The van der Waals surface area contributed by atoms with E-state index in [1.54, 1.807) is 109 Å². The van der Waals surface area contributed by atoms with Crippen LogP contribution in [0.1, 0.15) is 22.3 Å². The van der Waals surface area contributed by atoms with E-state index in [1.165, 1.54) is 0 Å². The van der Waals surface area contributed by atoms with E-state index in [0.29, 0.717) is 0 Å². The number of hydrogen-bond donors (Lipinski definition) is 6. The minimum absolute atomic E-state index is 0. The normalized spacial score (nSPS) is 18.4. The summed E-state index contributed by atoms with van der Waals surface area (Å²) < 4.78 is 0. The first-order valence-electron chi connectivity index (χ1n) is 9.04. The molecule has 0 amide bonds. The fraction of sp³-hybridized carbons (Fsp3) is 0.200. The average Bonchev–Trinajstić information content (AvgIpc) is 3.81. The second-order valence-corrected chi connectivity index (χ2v) is 35.2. The fourth-order valence-electron chi connectivity index (χ4n) is 2.04. The number of rotatable bonds is 3. The van der Waals surface area contributed by atoms with Gasteiger partial charge in [0, 0.05) is 0 Å². The molecule has 0 fully saturated rings. The van der Waals surface area contributed by atoms with Gasteiger partial charge in [0.15, 0.2) is 0 Å². The van der Waals surface area contributed by atoms with E-state index >= 15 is 0 Å². The molecule has 0 aromatic rings. The molecular formula is C15H30Br6N18Pt3. The number of aliphatic imine (C=N–C) groups is 6. The van der Waals surface area contributed by atoms with Gasteiger partial charge in [0.2, 0.25) is 0 Å². The first-order chi connectivity index (χ1) is 19.1. The van der Waals surface area contributed by atoms with Crippen LogP contribution in [0.5, 0.6) is 0 Å². The third kappa shape index (κ3) is 21.5. The zero-order valence-electron chi connectivity index (χ0n) is 18.5. The fourth-order valence-corrected chi connectivity index (χ4v) is 2.04. The average molecular weight is 1530 g/mol. The van der Waals surface area contributed by atoms with Crippen LogP contribution < -0.4 is 32.6 Å². The number of halogens is 6. The molecule has 6 N–H and O–H groups in total. The molecule has 0 aromatic heterocycles. The van der Waals surface area contributed by atoms with Crippen LogP contribution >= 0.6 is 79.8 Å². The Kier molecular flexibility index (Phi) is 37.2. The van der Waals surface area contributed by atoms with Crippen molar-refractivity contribution in [3.05, 3.63) is 40.0 Å². The topological polar surface area (TPSA) is 166 Å². The Labute approximate surface area is 312 Å². The number of nitrogens with one attached hydrogen (secondary N) is 6. The monoisotopic (exact) mass is 1520 g/mol. The molecule has 6 aliphatic heterocycles. The molecule has 6 aliphatic rings. The summed E-state index contributed by atoms with van der Waals surface area (Å²) in [6.07, 6.45) is 9.46. The van der Waals surface area contributed by atoms with Gasteiger partial charge in [-0.05, 0) is 40.0 Å². The van der Waals surface area contributed by atoms with Crippen molar-refractivity contribution in [1.82, 2.24) is 63.3 Å². The molecule has 6 rings (SSSR count). The van der Waals surface area contributed by atoms with Gasteiger partial charge >= 0.3 is 123 Å². The van der Waals surface area contributed by atoms with E-state index in [1.807, 2.05) is 0 Å². The Morgan fingerprint density at radius 1 is 0.357 bits per heavy atom. The first-order valence-corrected chi connectivity index (χ1v) is 38.8. The minimum atomic E-state index is 0. The predicted octanol–water partition coefficient (Wildman–Crippen LogP) is 3.49. The van der Waals surface area contributed by atoms with E-state index in [0.717, 1.165) is 0 Å². The zero-order chi connectivity index (χ0) is 28.6. The van der Waals surface area contributed by atoms with Crippen molar-refractivity contribution in [2.75, 3.05) is 0 Å². The Hall–Kier alpha value is 0.745. The second-order valence-electron chi connectivity index (χ2n) is 5.34. The molecule has 27 heteroatoms. The van der Waals surface area contributed by atoms with E-state index in [9.17, 15) is 0 Å². The molecule has 0 atom stereocenters. The third-order valence-electron chi connectivity index (χ3n) is 3.34. The summed E-state index contributed by atoms with van der Waals surface area (Å²) in [6, 6.07) is 0. The Morgan fingerprint density at radius 2 is 0.476 bits per heavy atom. The molecule has 0 aliphatic carbocycles. The summed E-state index contributed by atoms with van der Waals surface area (Å²) in [5, 5.41) is 9.88. The summed E-state index contributed by atoms with van der Waals surface area (Å²) in [5.41, 5.74) is 17.0. The number of nitrogens with zero attached hydrogens (tertiary/aromatic N) is 12. The van der Waals surface area contributed by atoms with Gasteiger partial charge in [-0.15, -0.1) is 0 Å². The van der Waals surface area contributed by atoms with Crippen molar-refractivity contribution in [3.63, 3.8) is 0 Å². The van der Waals surface area contributed by atoms with Gasteiger partial charge in [-0.2, -0.15) is 0 Å². The molecular weight excluding hydrogens is 1500 g/mol. The number of hydrazine groups is 9. The summed E-state index contributed by atoms with van der Waals surface area (Å²) in [6.45, 7) is 9.74. The van der Waals surface area contributed by atoms with Gasteiger partial charge in [0.25, 0.3) is 0 Å². The van der Waals surface area contributed by atoms with Crippen LogP contribution in [-0.2, 0) is 43.4 Å². The molecule has 0 aromatic carbocycles. The van der Waals surface area contributed by atoms with Crippen molar-refractivity contribution >= 4 is 118 Å². The van der Waals surface area contributed by atoms with E-state index < -0.39 is 0 Å². The maximum absolute atomic E-state index is 3.82. The predicted molar refractivity (Wildman–Crippen MR) is 180 cm³/mol. The van der Waals surface area contributed by atoms with Gasteiger partial charge in [-0.25, -0.2) is 30.7 Å². The van der Waals surface area contributed by atoms with Crippen LogP contribution in [0.4, 0.5) is 0 Å². The molecule has 0 bridgehead atoms. The maximum atomic E-state index is 3.82. The van der Waals surface area contributed by atoms with Gasteiger partial charge in [-0.1, -0.05) is 60.3 Å². The van der Waals surface area contributed by atoms with Crippen molar-refractivity contribution in [2.45, 2.75) is 22.3 Å². The Morgan fingerprint density at radius 3 is 0.548 bits per heavy atom. The third-order valence-corrected chi connectivity index (χ3v) is 3.34. The van der Waals surface area contributed by atoms with E-state index in [2.05, 4.69) is 142 Å². The van der Waals surface area contributed by atoms with Crippen molar-refractivity contribution in [1.29, 1.82) is 0 Å². The van der Waals surface area contributed by atoms with Gasteiger partial charge < -0.3 is 62.5 Å². The molecule has 18 nitrogen and oxygen atoms in total. The van der Waals surface area contributed by atoms with Crippen LogP contribution in [0.15, 0.2) is 30.0 Å². The second kappa shape index (κ2) is 33.1. The standard InChI is InChI=1S/3C4H6N6.3CH4.6BrH.3Pt/c3*1-5-3-9(7-1)10-4-6-2-8-10;;;;;;;;;;;;/h3*1-4H,(H,5,7)(H,6,8);3*1H4;6*1H;;;/q3*-2;;;;;;;;;;3*+4/p-6. The SMILES string of the molecule is C.C.C.C1=N[CH-]N(N2[CH-]N=CN2)N1.C1=N[CH-]N(N2[CH-]N=CN2)N1.C1=N[CH-]N(N2[CH-]N=CN2)N1.[Br][Pt+2][Br].[Br][Pt+2][Br].[Br][Pt+2][Br]. The zero-order valence-corrected chi connectivity index (χ0v) is 34.8. The van der Waals surface area contributed by atoms with Crippen LogP contribution in [0, 0.1) is 40.0 Å². The quantitative estimate of drug-likeness (QED) is 0.229. The first kappa shape index (κ1) is 47.2. The van der Waals surface area contributed by atoms with Crippen LogP contribution in [0.25, 0.3) is 0 Å². The van der Waals surface area contributed by atoms with Gasteiger partial charge in [-0.3, -0.25) is 0 Å². The molecule has 252 valence electrons. The van der Waals surface area contributed by atoms with Crippen molar-refractivity contribution in [2.24, 2.45) is 30.0 Å². The summed E-state index contributed by atoms with van der Waals surface area (Å²) in [7, 11) is 0. The summed E-state index contributed by atoms with van der Waals surface area (Å²) in [4.78, 5) is 22.9. The Bertz CT molecular complexity index is 594. The van der Waals surface area contributed by atoms with Gasteiger partial charge in [0.05, 0.1) is 0 Å². The summed E-state index contributed by atoms with van der Waals surface area (Å²) >= 11 is 19.7. The van der Waals surface area contributed by atoms with Crippen molar-refractivity contribution < 1.29 is 43.4 Å². The molecule has 0 saturated carbocycles. The summed E-state index contributed by atoms with van der Waals surface area (Å²) in [5.74, 6) is 0. The molecule has 42 heavy (non-hydrogen) atoms. The van der Waals surface area contributed by atoms with Gasteiger partial charge in [0.1, 0.15) is 0 Å². The Balaban J connectivity index is -0.000000462. The van der Waals surface area contributed by atoms with Crippen LogP contribution in [0.3, 0.4) is 0 Å². The van der Waals surface area contributed by atoms with E-state index in [4.69, 9.17) is 0 Å². The molecule has 0 spiro atoms. The molecule has 0 unspecified atom stereocenters. The van der Waals surface area contributed by atoms with E-state index in [-0.39, 0.29) is 65.6 Å². The van der Waals surface area contributed by atoms with Crippen molar-refractivity contribution in [3.8, 4) is 0 Å². The molecule has 6 heterocycles. The van der Waals surface area contributed by atoms with Crippen LogP contribution in [-0.4, -0.2) is 68.7 Å². The molecule has 0 saturated heterocycles.